The van der Waals surface area contributed by atoms with E-state index in [9.17, 15) is 0 Å². The number of H-pyrrole nitrogens is 1. The first-order valence-electron chi connectivity index (χ1n) is 5.03. The third-order valence-corrected chi connectivity index (χ3v) is 2.57. The largest absolute Gasteiger partial charge is 0.326 e. The number of benzene rings is 1. The maximum absolute atomic E-state index is 5.71. The molecule has 2 rings (SSSR count). The minimum Gasteiger partial charge on any atom is -0.326 e. The Morgan fingerprint density at radius 1 is 1.33 bits per heavy atom. The highest BCUT2D eigenvalue weighted by molar-refractivity contribution is 5.64. The van der Waals surface area contributed by atoms with Gasteiger partial charge >= 0.3 is 0 Å². The van der Waals surface area contributed by atoms with Crippen LogP contribution >= 0.6 is 0 Å². The Balaban J connectivity index is 2.54. The monoisotopic (exact) mass is 201 g/mol. The highest BCUT2D eigenvalue weighted by Gasteiger charge is 2.10. The van der Waals surface area contributed by atoms with E-state index in [1.807, 2.05) is 13.0 Å². The van der Waals surface area contributed by atoms with Gasteiger partial charge in [-0.25, -0.2) is 0 Å². The number of hydrogen-bond donors (Lipinski definition) is 2. The summed E-state index contributed by atoms with van der Waals surface area (Å²) in [6, 6.07) is 8.29. The molecule has 0 spiro atoms. The molecule has 0 fully saturated rings. The molecule has 1 aromatic heterocycles. The molecular formula is C12H15N3. The van der Waals surface area contributed by atoms with Crippen molar-refractivity contribution in [3.05, 3.63) is 41.1 Å². The minimum absolute atomic E-state index is 0.519. The first-order valence-corrected chi connectivity index (χ1v) is 5.03. The Bertz CT molecular complexity index is 471. The molecule has 0 aliphatic rings. The van der Waals surface area contributed by atoms with Crippen LogP contribution in [0.4, 0.5) is 0 Å². The summed E-state index contributed by atoms with van der Waals surface area (Å²) in [7, 11) is 0. The smallest absolute Gasteiger partial charge is 0.0968 e. The quantitative estimate of drug-likeness (QED) is 0.782. The van der Waals surface area contributed by atoms with E-state index in [4.69, 9.17) is 5.73 Å². The predicted molar refractivity (Wildman–Crippen MR) is 61.4 cm³/mol. The van der Waals surface area contributed by atoms with Gasteiger partial charge in [0.05, 0.1) is 5.69 Å². The molecule has 0 aliphatic heterocycles. The summed E-state index contributed by atoms with van der Waals surface area (Å²) in [6.07, 6.45) is 0. The molecule has 0 unspecified atom stereocenters. The van der Waals surface area contributed by atoms with E-state index in [0.29, 0.717) is 6.54 Å². The SMILES string of the molecule is Cc1cccc(-c2n[nH]c(C)c2CN)c1. The van der Waals surface area contributed by atoms with Crippen molar-refractivity contribution in [2.24, 2.45) is 5.73 Å². The Kier molecular flexibility index (Phi) is 2.56. The van der Waals surface area contributed by atoms with Crippen LogP contribution in [0.3, 0.4) is 0 Å². The number of aromatic amines is 1. The van der Waals surface area contributed by atoms with Gasteiger partial charge in [0.15, 0.2) is 0 Å². The van der Waals surface area contributed by atoms with Crippen molar-refractivity contribution in [1.82, 2.24) is 10.2 Å². The van der Waals surface area contributed by atoms with E-state index >= 15 is 0 Å². The van der Waals surface area contributed by atoms with Crippen molar-refractivity contribution < 1.29 is 0 Å². The van der Waals surface area contributed by atoms with Gasteiger partial charge in [0, 0.05) is 23.4 Å². The summed E-state index contributed by atoms with van der Waals surface area (Å²) >= 11 is 0. The lowest BCUT2D eigenvalue weighted by Gasteiger charge is -2.02. The lowest BCUT2D eigenvalue weighted by atomic mass is 10.0. The molecule has 3 heteroatoms. The zero-order valence-corrected chi connectivity index (χ0v) is 9.04. The molecule has 3 N–H and O–H groups in total. The van der Waals surface area contributed by atoms with Gasteiger partial charge in [-0.2, -0.15) is 5.10 Å². The number of rotatable bonds is 2. The second-order valence-electron chi connectivity index (χ2n) is 3.75. The van der Waals surface area contributed by atoms with Gasteiger partial charge in [-0.1, -0.05) is 23.8 Å². The summed E-state index contributed by atoms with van der Waals surface area (Å²) in [6.45, 7) is 4.59. The molecule has 78 valence electrons. The highest BCUT2D eigenvalue weighted by Crippen LogP contribution is 2.23. The van der Waals surface area contributed by atoms with Crippen molar-refractivity contribution >= 4 is 0 Å². The fourth-order valence-electron chi connectivity index (χ4n) is 1.73. The molecular weight excluding hydrogens is 186 g/mol. The van der Waals surface area contributed by atoms with Gasteiger partial charge in [0.25, 0.3) is 0 Å². The van der Waals surface area contributed by atoms with Crippen LogP contribution < -0.4 is 5.73 Å². The van der Waals surface area contributed by atoms with Crippen LogP contribution in [-0.2, 0) is 6.54 Å². The first-order chi connectivity index (χ1) is 7.22. The standard InChI is InChI=1S/C12H15N3/c1-8-4-3-5-10(6-8)12-11(7-13)9(2)14-15-12/h3-6H,7,13H2,1-2H3,(H,14,15). The fourth-order valence-corrected chi connectivity index (χ4v) is 1.73. The first kappa shape index (κ1) is 9.93. The molecule has 0 amide bonds. The molecule has 0 bridgehead atoms. The molecule has 0 saturated heterocycles. The number of nitrogens with two attached hydrogens (primary N) is 1. The summed E-state index contributed by atoms with van der Waals surface area (Å²) < 4.78 is 0. The topological polar surface area (TPSA) is 54.7 Å². The van der Waals surface area contributed by atoms with E-state index < -0.39 is 0 Å². The average molecular weight is 201 g/mol. The Labute approximate surface area is 89.3 Å². The maximum atomic E-state index is 5.71. The summed E-state index contributed by atoms with van der Waals surface area (Å²) in [4.78, 5) is 0. The molecule has 1 heterocycles. The number of aromatic nitrogens is 2. The molecule has 0 aliphatic carbocycles. The van der Waals surface area contributed by atoms with Gasteiger partial charge in [0.1, 0.15) is 0 Å². The molecule has 0 atom stereocenters. The minimum atomic E-state index is 0.519. The van der Waals surface area contributed by atoms with Gasteiger partial charge in [-0.3, -0.25) is 5.10 Å². The van der Waals surface area contributed by atoms with Crippen LogP contribution in [-0.4, -0.2) is 10.2 Å². The molecule has 0 saturated carbocycles. The molecule has 15 heavy (non-hydrogen) atoms. The van der Waals surface area contributed by atoms with E-state index in [0.717, 1.165) is 22.5 Å². The van der Waals surface area contributed by atoms with Crippen molar-refractivity contribution in [2.45, 2.75) is 20.4 Å². The maximum Gasteiger partial charge on any atom is 0.0968 e. The van der Waals surface area contributed by atoms with Crippen molar-refractivity contribution in [1.29, 1.82) is 0 Å². The van der Waals surface area contributed by atoms with Crippen molar-refractivity contribution in [3.63, 3.8) is 0 Å². The van der Waals surface area contributed by atoms with Crippen LogP contribution in [0.15, 0.2) is 24.3 Å². The highest BCUT2D eigenvalue weighted by atomic mass is 15.1. The van der Waals surface area contributed by atoms with Gasteiger partial charge in [-0.15, -0.1) is 0 Å². The summed E-state index contributed by atoms with van der Waals surface area (Å²) in [5, 5.41) is 7.27. The fraction of sp³-hybridized carbons (Fsp3) is 0.250. The van der Waals surface area contributed by atoms with E-state index in [-0.39, 0.29) is 0 Å². The molecule has 0 radical (unpaired) electrons. The zero-order valence-electron chi connectivity index (χ0n) is 9.04. The second kappa shape index (κ2) is 3.87. The van der Waals surface area contributed by atoms with Crippen molar-refractivity contribution in [3.8, 4) is 11.3 Å². The van der Waals surface area contributed by atoms with Crippen LogP contribution in [0.5, 0.6) is 0 Å². The Hall–Kier alpha value is -1.61. The van der Waals surface area contributed by atoms with Gasteiger partial charge in [-0.05, 0) is 19.9 Å². The normalized spacial score (nSPS) is 10.6. The third-order valence-electron chi connectivity index (χ3n) is 2.57. The second-order valence-corrected chi connectivity index (χ2v) is 3.75. The lowest BCUT2D eigenvalue weighted by Crippen LogP contribution is -1.98. The zero-order chi connectivity index (χ0) is 10.8. The Morgan fingerprint density at radius 3 is 2.80 bits per heavy atom. The predicted octanol–water partition coefficient (Wildman–Crippen LogP) is 2.15. The molecule has 2 aromatic rings. The van der Waals surface area contributed by atoms with Crippen LogP contribution in [0.25, 0.3) is 11.3 Å². The van der Waals surface area contributed by atoms with Crippen molar-refractivity contribution in [2.75, 3.05) is 0 Å². The van der Waals surface area contributed by atoms with Gasteiger partial charge in [0.2, 0.25) is 0 Å². The lowest BCUT2D eigenvalue weighted by molar-refractivity contribution is 1.03. The van der Waals surface area contributed by atoms with E-state index in [1.54, 1.807) is 0 Å². The Morgan fingerprint density at radius 2 is 2.13 bits per heavy atom. The third kappa shape index (κ3) is 1.78. The average Bonchev–Trinajstić information content (AvgIpc) is 2.59. The van der Waals surface area contributed by atoms with Crippen LogP contribution in [0.2, 0.25) is 0 Å². The van der Waals surface area contributed by atoms with E-state index in [1.165, 1.54) is 5.56 Å². The molecule has 3 nitrogen and oxygen atoms in total. The van der Waals surface area contributed by atoms with Crippen LogP contribution in [0.1, 0.15) is 16.8 Å². The van der Waals surface area contributed by atoms with Crippen LogP contribution in [0, 0.1) is 13.8 Å². The number of hydrogen-bond acceptors (Lipinski definition) is 2. The summed E-state index contributed by atoms with van der Waals surface area (Å²) in [5.74, 6) is 0. The molecule has 1 aromatic carbocycles. The summed E-state index contributed by atoms with van der Waals surface area (Å²) in [5.41, 5.74) is 11.2. The number of aryl methyl sites for hydroxylation is 2. The van der Waals surface area contributed by atoms with E-state index in [2.05, 4.69) is 35.3 Å². The number of nitrogens with one attached hydrogen (secondary N) is 1. The van der Waals surface area contributed by atoms with Gasteiger partial charge < -0.3 is 5.73 Å². The number of nitrogens with zero attached hydrogens (tertiary/aromatic N) is 1.